The smallest absolute Gasteiger partial charge is 0.322 e. The highest BCUT2D eigenvalue weighted by molar-refractivity contribution is 6.34. The second kappa shape index (κ2) is 7.40. The number of carbonyl (C=O) groups excluding carboxylic acids is 2. The van der Waals surface area contributed by atoms with Gasteiger partial charge in [-0.2, -0.15) is 0 Å². The fourth-order valence-corrected chi connectivity index (χ4v) is 6.08. The molecule has 3 aliphatic rings. The van der Waals surface area contributed by atoms with E-state index in [-0.39, 0.29) is 12.0 Å². The molecule has 5 rings (SSSR count). The van der Waals surface area contributed by atoms with Crippen molar-refractivity contribution in [3.05, 3.63) is 57.6 Å². The fraction of sp³-hybridized carbons (Fsp3) is 0.391. The molecule has 2 spiro atoms. The number of ether oxygens (including phenoxy) is 2. The number of carbonyl (C=O) groups is 2. The highest BCUT2D eigenvalue weighted by atomic mass is 35.5. The van der Waals surface area contributed by atoms with Crippen molar-refractivity contribution in [1.29, 1.82) is 0 Å². The monoisotopic (exact) mass is 460 g/mol. The summed E-state index contributed by atoms with van der Waals surface area (Å²) in [5.74, 6) is 0.753. The van der Waals surface area contributed by atoms with Crippen LogP contribution in [0.25, 0.3) is 0 Å². The van der Waals surface area contributed by atoms with Gasteiger partial charge in [-0.15, -0.1) is 0 Å². The molecule has 0 radical (unpaired) electrons. The Hall–Kier alpha value is -2.28. The van der Waals surface area contributed by atoms with Gasteiger partial charge >= 0.3 is 6.03 Å². The molecule has 2 aliphatic carbocycles. The Morgan fingerprint density at radius 1 is 1.00 bits per heavy atom. The van der Waals surface area contributed by atoms with Crippen molar-refractivity contribution in [3.63, 3.8) is 0 Å². The van der Waals surface area contributed by atoms with Crippen LogP contribution in [0.5, 0.6) is 11.5 Å². The third-order valence-corrected chi connectivity index (χ3v) is 7.41. The van der Waals surface area contributed by atoms with Gasteiger partial charge in [0.2, 0.25) is 0 Å². The number of imide groups is 1. The van der Waals surface area contributed by atoms with Crippen LogP contribution in [0.2, 0.25) is 10.0 Å². The molecular formula is C23H22Cl2N2O4. The highest BCUT2D eigenvalue weighted by Crippen LogP contribution is 2.59. The molecule has 8 heteroatoms. The van der Waals surface area contributed by atoms with Gasteiger partial charge in [0.15, 0.2) is 5.54 Å². The van der Waals surface area contributed by atoms with Crippen molar-refractivity contribution in [1.82, 2.24) is 10.6 Å². The molecule has 0 bridgehead atoms. The van der Waals surface area contributed by atoms with Crippen LogP contribution in [0.15, 0.2) is 36.4 Å². The van der Waals surface area contributed by atoms with Crippen molar-refractivity contribution in [2.75, 3.05) is 7.11 Å². The van der Waals surface area contributed by atoms with Crippen molar-refractivity contribution in [3.8, 4) is 11.5 Å². The number of rotatable bonds is 3. The average Bonchev–Trinajstić information content (AvgIpc) is 3.16. The van der Waals surface area contributed by atoms with Crippen LogP contribution >= 0.6 is 23.2 Å². The molecule has 2 aromatic rings. The Balaban J connectivity index is 1.56. The van der Waals surface area contributed by atoms with Gasteiger partial charge in [0.25, 0.3) is 5.91 Å². The van der Waals surface area contributed by atoms with E-state index in [0.29, 0.717) is 21.5 Å². The molecular weight excluding hydrogens is 439 g/mol. The van der Waals surface area contributed by atoms with Crippen LogP contribution in [0, 0.1) is 5.41 Å². The first kappa shape index (κ1) is 20.6. The quantitative estimate of drug-likeness (QED) is 0.635. The van der Waals surface area contributed by atoms with Gasteiger partial charge in [-0.25, -0.2) is 4.79 Å². The maximum absolute atomic E-state index is 13.3. The summed E-state index contributed by atoms with van der Waals surface area (Å²) in [6, 6.07) is 10.2. The van der Waals surface area contributed by atoms with E-state index in [1.54, 1.807) is 25.3 Å². The van der Waals surface area contributed by atoms with E-state index in [2.05, 4.69) is 10.6 Å². The van der Waals surface area contributed by atoms with E-state index < -0.39 is 17.0 Å². The molecule has 3 amide bonds. The molecule has 2 aromatic carbocycles. The Kier molecular flexibility index (Phi) is 4.92. The molecule has 2 fully saturated rings. The van der Waals surface area contributed by atoms with Gasteiger partial charge in [-0.05, 0) is 73.6 Å². The average molecular weight is 461 g/mol. The zero-order valence-corrected chi connectivity index (χ0v) is 18.5. The zero-order chi connectivity index (χ0) is 21.8. The number of amides is 3. The number of methoxy groups -OCH3 is 1. The van der Waals surface area contributed by atoms with Gasteiger partial charge in [0.05, 0.1) is 6.10 Å². The molecule has 1 unspecified atom stereocenters. The van der Waals surface area contributed by atoms with Crippen LogP contribution in [0.3, 0.4) is 0 Å². The third kappa shape index (κ3) is 3.20. The van der Waals surface area contributed by atoms with Gasteiger partial charge in [-0.1, -0.05) is 29.3 Å². The van der Waals surface area contributed by atoms with Crippen LogP contribution in [0.4, 0.5) is 4.79 Å². The molecule has 1 atom stereocenters. The predicted octanol–water partition coefficient (Wildman–Crippen LogP) is 4.95. The summed E-state index contributed by atoms with van der Waals surface area (Å²) in [4.78, 5) is 25.5. The second-order valence-corrected chi connectivity index (χ2v) is 9.45. The van der Waals surface area contributed by atoms with E-state index in [1.165, 1.54) is 0 Å². The lowest BCUT2D eigenvalue weighted by atomic mass is 9.61. The minimum atomic E-state index is -1.11. The zero-order valence-electron chi connectivity index (χ0n) is 17.0. The van der Waals surface area contributed by atoms with Gasteiger partial charge in [-0.3, -0.25) is 10.1 Å². The van der Waals surface area contributed by atoms with E-state index in [9.17, 15) is 9.59 Å². The lowest BCUT2D eigenvalue weighted by molar-refractivity contribution is -0.131. The van der Waals surface area contributed by atoms with E-state index >= 15 is 0 Å². The first-order valence-corrected chi connectivity index (χ1v) is 11.0. The molecule has 0 aromatic heterocycles. The largest absolute Gasteiger partial charge is 0.457 e. The van der Waals surface area contributed by atoms with Crippen LogP contribution in [-0.4, -0.2) is 25.2 Å². The molecule has 1 saturated heterocycles. The summed E-state index contributed by atoms with van der Waals surface area (Å²) >= 11 is 12.2. The lowest BCUT2D eigenvalue weighted by Gasteiger charge is -2.46. The number of hydrogen-bond donors (Lipinski definition) is 2. The SMILES string of the molecule is CO[C@H]1CC[C@]2(CC1)Cc1ccc(Oc3cc(Cl)cc(Cl)c3)cc1C21NC(=O)NC1=O. The van der Waals surface area contributed by atoms with Gasteiger partial charge < -0.3 is 14.8 Å². The highest BCUT2D eigenvalue weighted by Gasteiger charge is 2.66. The number of fused-ring (bicyclic) bond motifs is 3. The molecule has 31 heavy (non-hydrogen) atoms. The van der Waals surface area contributed by atoms with Gasteiger partial charge in [0.1, 0.15) is 11.5 Å². The van der Waals surface area contributed by atoms with Crippen LogP contribution in [-0.2, 0) is 21.5 Å². The van der Waals surface area contributed by atoms with E-state index in [4.69, 9.17) is 32.7 Å². The lowest BCUT2D eigenvalue weighted by Crippen LogP contribution is -2.56. The van der Waals surface area contributed by atoms with Crippen molar-refractivity contribution in [2.24, 2.45) is 5.41 Å². The minimum absolute atomic E-state index is 0.179. The summed E-state index contributed by atoms with van der Waals surface area (Å²) in [6.45, 7) is 0. The number of benzene rings is 2. The first-order valence-electron chi connectivity index (χ1n) is 10.3. The normalized spacial score (nSPS) is 29.2. The molecule has 6 nitrogen and oxygen atoms in total. The van der Waals surface area contributed by atoms with Crippen molar-refractivity contribution in [2.45, 2.75) is 43.7 Å². The summed E-state index contributed by atoms with van der Waals surface area (Å²) in [6.07, 6.45) is 4.16. The molecule has 1 saturated carbocycles. The maximum atomic E-state index is 13.3. The Morgan fingerprint density at radius 2 is 1.71 bits per heavy atom. The summed E-state index contributed by atoms with van der Waals surface area (Å²) in [5.41, 5.74) is 0.337. The van der Waals surface area contributed by atoms with Crippen LogP contribution < -0.4 is 15.4 Å². The predicted molar refractivity (Wildman–Crippen MR) is 117 cm³/mol. The number of halogens is 2. The minimum Gasteiger partial charge on any atom is -0.457 e. The number of hydrogen-bond acceptors (Lipinski definition) is 4. The van der Waals surface area contributed by atoms with Gasteiger partial charge in [0, 0.05) is 22.6 Å². The Labute approximate surface area is 190 Å². The van der Waals surface area contributed by atoms with Crippen LogP contribution in [0.1, 0.15) is 36.8 Å². The summed E-state index contributed by atoms with van der Waals surface area (Å²) < 4.78 is 11.6. The van der Waals surface area contributed by atoms with E-state index in [1.807, 2.05) is 18.2 Å². The summed E-state index contributed by atoms with van der Waals surface area (Å²) in [7, 11) is 1.72. The Morgan fingerprint density at radius 3 is 2.32 bits per heavy atom. The third-order valence-electron chi connectivity index (χ3n) is 6.97. The summed E-state index contributed by atoms with van der Waals surface area (Å²) in [5, 5.41) is 6.41. The van der Waals surface area contributed by atoms with Crippen molar-refractivity contribution < 1.29 is 19.1 Å². The molecule has 2 N–H and O–H groups in total. The van der Waals surface area contributed by atoms with E-state index in [0.717, 1.165) is 43.2 Å². The topological polar surface area (TPSA) is 76.7 Å². The fourth-order valence-electron chi connectivity index (χ4n) is 5.58. The molecule has 1 aliphatic heterocycles. The first-order chi connectivity index (χ1) is 14.8. The van der Waals surface area contributed by atoms with Crippen molar-refractivity contribution >= 4 is 35.1 Å². The maximum Gasteiger partial charge on any atom is 0.322 e. The molecule has 162 valence electrons. The standard InChI is InChI=1S/C23H22Cl2N2O4/c1-30-16-4-6-22(7-5-16)12-13-2-3-17(31-18-9-14(24)8-15(25)10-18)11-19(13)23(22)20(28)26-21(29)27-23/h2-3,8-11,16H,4-7,12H2,1H3,(H2,26,27,28,29)/t16-,22-,23?. The number of nitrogens with one attached hydrogen (secondary N) is 2. The molecule has 1 heterocycles. The second-order valence-electron chi connectivity index (χ2n) is 8.58. The Bertz CT molecular complexity index is 1060. The number of urea groups is 1.